The molecule has 0 unspecified atom stereocenters. The molecule has 0 aliphatic carbocycles. The van der Waals surface area contributed by atoms with Crippen LogP contribution in [0.2, 0.25) is 10.3 Å². The van der Waals surface area contributed by atoms with Crippen molar-refractivity contribution < 1.29 is 9.53 Å². The van der Waals surface area contributed by atoms with Crippen LogP contribution in [0.4, 0.5) is 0 Å². The fourth-order valence-electron chi connectivity index (χ4n) is 0.741. The van der Waals surface area contributed by atoms with Gasteiger partial charge in [-0.05, 0) is 28.7 Å². The Bertz CT molecular complexity index is 333. The zero-order valence-electron chi connectivity index (χ0n) is 6.47. The van der Waals surface area contributed by atoms with Crippen molar-refractivity contribution in [2.45, 2.75) is 0 Å². The van der Waals surface area contributed by atoms with Gasteiger partial charge in [-0.15, -0.1) is 0 Å². The molecule has 0 fully saturated rings. The lowest BCUT2D eigenvalue weighted by Gasteiger charge is -2.03. The molecule has 0 radical (unpaired) electrons. The molecule has 3 nitrogen and oxygen atoms in total. The first-order chi connectivity index (χ1) is 6.06. The predicted molar refractivity (Wildman–Crippen MR) is 58.3 cm³/mol. The number of pyridine rings is 1. The highest BCUT2D eigenvalue weighted by molar-refractivity contribution is 14.1. The summed E-state index contributed by atoms with van der Waals surface area (Å²) in [6.07, 6.45) is 0. The lowest BCUT2D eigenvalue weighted by Crippen LogP contribution is -2.06. The maximum Gasteiger partial charge on any atom is 0.342 e. The van der Waals surface area contributed by atoms with E-state index in [0.29, 0.717) is 3.57 Å². The van der Waals surface area contributed by atoms with Gasteiger partial charge in [-0.2, -0.15) is 0 Å². The first-order valence-electron chi connectivity index (χ1n) is 3.16. The van der Waals surface area contributed by atoms with Crippen LogP contribution in [0.15, 0.2) is 6.07 Å². The van der Waals surface area contributed by atoms with Gasteiger partial charge in [0.25, 0.3) is 0 Å². The van der Waals surface area contributed by atoms with Crippen LogP contribution in [0.1, 0.15) is 10.4 Å². The molecule has 0 saturated carbocycles. The molecule has 1 aromatic rings. The van der Waals surface area contributed by atoms with Crippen molar-refractivity contribution in [1.82, 2.24) is 4.98 Å². The zero-order valence-corrected chi connectivity index (χ0v) is 10.1. The summed E-state index contributed by atoms with van der Waals surface area (Å²) >= 11 is 13.3. The van der Waals surface area contributed by atoms with Gasteiger partial charge < -0.3 is 4.74 Å². The third-order valence-electron chi connectivity index (χ3n) is 1.29. The van der Waals surface area contributed by atoms with Gasteiger partial charge in [-0.25, -0.2) is 9.78 Å². The first kappa shape index (κ1) is 11.0. The van der Waals surface area contributed by atoms with Crippen molar-refractivity contribution in [1.29, 1.82) is 0 Å². The number of carbonyl (C=O) groups excluding carboxylic acids is 1. The van der Waals surface area contributed by atoms with Crippen LogP contribution < -0.4 is 0 Å². The molecule has 0 spiro atoms. The van der Waals surface area contributed by atoms with E-state index < -0.39 is 5.97 Å². The van der Waals surface area contributed by atoms with Gasteiger partial charge in [0.1, 0.15) is 15.9 Å². The van der Waals surface area contributed by atoms with Crippen LogP contribution in [-0.4, -0.2) is 18.1 Å². The molecule has 1 rings (SSSR count). The van der Waals surface area contributed by atoms with Crippen LogP contribution in [0.25, 0.3) is 0 Å². The van der Waals surface area contributed by atoms with E-state index in [1.54, 1.807) is 6.07 Å². The second kappa shape index (κ2) is 4.43. The van der Waals surface area contributed by atoms with E-state index in [-0.39, 0.29) is 15.9 Å². The fourth-order valence-corrected chi connectivity index (χ4v) is 2.36. The Balaban J connectivity index is 3.28. The van der Waals surface area contributed by atoms with Gasteiger partial charge >= 0.3 is 5.97 Å². The molecule has 0 saturated heterocycles. The van der Waals surface area contributed by atoms with Gasteiger partial charge in [-0.1, -0.05) is 23.2 Å². The molecule has 0 amide bonds. The largest absolute Gasteiger partial charge is 0.465 e. The monoisotopic (exact) mass is 331 g/mol. The number of esters is 1. The van der Waals surface area contributed by atoms with Crippen molar-refractivity contribution in [3.05, 3.63) is 25.5 Å². The molecular formula is C7H4Cl2INO2. The van der Waals surface area contributed by atoms with Crippen LogP contribution in [0, 0.1) is 3.57 Å². The Morgan fingerprint density at radius 3 is 2.69 bits per heavy atom. The molecule has 0 N–H and O–H groups in total. The minimum atomic E-state index is -0.515. The molecule has 6 heteroatoms. The highest BCUT2D eigenvalue weighted by atomic mass is 127. The Hall–Kier alpha value is -0.0700. The van der Waals surface area contributed by atoms with E-state index in [1.165, 1.54) is 7.11 Å². The van der Waals surface area contributed by atoms with E-state index in [0.717, 1.165) is 0 Å². The van der Waals surface area contributed by atoms with E-state index in [9.17, 15) is 4.79 Å². The Labute approximate surface area is 98.5 Å². The predicted octanol–water partition coefficient (Wildman–Crippen LogP) is 2.78. The zero-order chi connectivity index (χ0) is 10.0. The second-order valence-corrected chi connectivity index (χ2v) is 3.99. The second-order valence-electron chi connectivity index (χ2n) is 2.08. The normalized spacial score (nSPS) is 9.85. The summed E-state index contributed by atoms with van der Waals surface area (Å²) in [7, 11) is 1.28. The summed E-state index contributed by atoms with van der Waals surface area (Å²) in [5.74, 6) is -0.515. The van der Waals surface area contributed by atoms with Crippen molar-refractivity contribution in [2.75, 3.05) is 7.11 Å². The van der Waals surface area contributed by atoms with Crippen LogP contribution in [-0.2, 0) is 4.74 Å². The Morgan fingerprint density at radius 2 is 2.23 bits per heavy atom. The van der Waals surface area contributed by atoms with Gasteiger partial charge in [0, 0.05) is 3.57 Å². The third kappa shape index (κ3) is 2.45. The quantitative estimate of drug-likeness (QED) is 0.451. The SMILES string of the molecule is COC(=O)c1c(I)cc(Cl)nc1Cl. The number of ether oxygens (including phenoxy) is 1. The number of aromatic nitrogens is 1. The molecule has 0 aromatic carbocycles. The van der Waals surface area contributed by atoms with Gasteiger partial charge in [-0.3, -0.25) is 0 Å². The van der Waals surface area contributed by atoms with Gasteiger partial charge in [0.15, 0.2) is 0 Å². The topological polar surface area (TPSA) is 39.2 Å². The maximum atomic E-state index is 11.2. The highest BCUT2D eigenvalue weighted by Gasteiger charge is 2.16. The fraction of sp³-hybridized carbons (Fsp3) is 0.143. The van der Waals surface area contributed by atoms with Crippen LogP contribution in [0.3, 0.4) is 0 Å². The summed E-state index contributed by atoms with van der Waals surface area (Å²) in [6, 6.07) is 1.54. The Morgan fingerprint density at radius 1 is 1.62 bits per heavy atom. The van der Waals surface area contributed by atoms with Crippen LogP contribution >= 0.6 is 45.8 Å². The van der Waals surface area contributed by atoms with Crippen LogP contribution in [0.5, 0.6) is 0 Å². The van der Waals surface area contributed by atoms with Gasteiger partial charge in [0.05, 0.1) is 7.11 Å². The number of halogens is 3. The van der Waals surface area contributed by atoms with Crippen molar-refractivity contribution >= 4 is 51.8 Å². The molecular weight excluding hydrogens is 328 g/mol. The van der Waals surface area contributed by atoms with E-state index in [1.807, 2.05) is 22.6 Å². The lowest BCUT2D eigenvalue weighted by molar-refractivity contribution is 0.0599. The molecule has 0 bridgehead atoms. The maximum absolute atomic E-state index is 11.2. The van der Waals surface area contributed by atoms with Crippen molar-refractivity contribution in [2.24, 2.45) is 0 Å². The molecule has 0 atom stereocenters. The smallest absolute Gasteiger partial charge is 0.342 e. The number of nitrogens with zero attached hydrogens (tertiary/aromatic N) is 1. The minimum absolute atomic E-state index is 0.0590. The third-order valence-corrected chi connectivity index (χ3v) is 2.60. The lowest BCUT2D eigenvalue weighted by atomic mass is 10.3. The average molecular weight is 332 g/mol. The summed E-state index contributed by atoms with van der Waals surface area (Å²) in [5, 5.41) is 0.311. The van der Waals surface area contributed by atoms with Crippen molar-refractivity contribution in [3.63, 3.8) is 0 Å². The first-order valence-corrected chi connectivity index (χ1v) is 4.99. The minimum Gasteiger partial charge on any atom is -0.465 e. The molecule has 1 heterocycles. The van der Waals surface area contributed by atoms with Crippen molar-refractivity contribution in [3.8, 4) is 0 Å². The molecule has 1 aromatic heterocycles. The number of carbonyl (C=O) groups is 1. The summed E-state index contributed by atoms with van der Waals surface area (Å²) in [4.78, 5) is 14.9. The highest BCUT2D eigenvalue weighted by Crippen LogP contribution is 2.23. The number of hydrogen-bond donors (Lipinski definition) is 0. The number of hydrogen-bond acceptors (Lipinski definition) is 3. The standard InChI is InChI=1S/C7H4Cl2INO2/c1-13-7(12)5-3(10)2-4(8)11-6(5)9/h2H,1H3. The average Bonchev–Trinajstić information content (AvgIpc) is 2.02. The van der Waals surface area contributed by atoms with E-state index in [4.69, 9.17) is 23.2 Å². The Kier molecular flexibility index (Phi) is 3.75. The molecule has 0 aliphatic heterocycles. The molecule has 70 valence electrons. The molecule has 0 aliphatic rings. The number of methoxy groups -OCH3 is 1. The number of rotatable bonds is 1. The van der Waals surface area contributed by atoms with Gasteiger partial charge in [0.2, 0.25) is 0 Å². The summed E-state index contributed by atoms with van der Waals surface area (Å²) in [6.45, 7) is 0. The summed E-state index contributed by atoms with van der Waals surface area (Å²) < 4.78 is 5.15. The van der Waals surface area contributed by atoms with E-state index >= 15 is 0 Å². The summed E-state index contributed by atoms with van der Waals surface area (Å²) in [5.41, 5.74) is 0.245. The molecule has 13 heavy (non-hydrogen) atoms. The van der Waals surface area contributed by atoms with E-state index in [2.05, 4.69) is 9.72 Å².